The van der Waals surface area contributed by atoms with Crippen molar-refractivity contribution in [3.05, 3.63) is 12.2 Å². The molecule has 0 saturated heterocycles. The number of ether oxygens (including phenoxy) is 4. The maximum absolute atomic E-state index is 15.4. The highest BCUT2D eigenvalue weighted by Crippen LogP contribution is 2.28. The van der Waals surface area contributed by atoms with Gasteiger partial charge in [-0.25, -0.2) is 23.6 Å². The first-order valence-electron chi connectivity index (χ1n) is 16.3. The molecule has 0 radical (unpaired) electrons. The number of alkyl halides is 5. The summed E-state index contributed by atoms with van der Waals surface area (Å²) in [6.45, 7) is 8.92. The number of unbranched alkanes of at least 4 members (excludes halogenated alkanes) is 9. The van der Waals surface area contributed by atoms with Gasteiger partial charge in [0.1, 0.15) is 13.2 Å². The Kier molecular flexibility index (Phi) is 20.6. The number of hydrogen-bond acceptors (Lipinski definition) is 8. The van der Waals surface area contributed by atoms with Crippen LogP contribution in [0, 0.1) is 0 Å². The number of hydrogen-bond donors (Lipinski definition) is 0. The fourth-order valence-electron chi connectivity index (χ4n) is 4.20. The molecule has 0 rings (SSSR count). The Morgan fingerprint density at radius 2 is 0.957 bits per heavy atom. The summed E-state index contributed by atoms with van der Waals surface area (Å²) in [5.74, 6) is -14.4. The molecular weight excluding hydrogens is 619 g/mol. The molecule has 0 fully saturated rings. The summed E-state index contributed by atoms with van der Waals surface area (Å²) < 4.78 is 93.1. The third-order valence-corrected chi connectivity index (χ3v) is 7.25. The smallest absolute Gasteiger partial charge is 0.377 e. The first kappa shape index (κ1) is 43.3. The Bertz CT molecular complexity index is 954. The van der Waals surface area contributed by atoms with Gasteiger partial charge in [-0.3, -0.25) is 0 Å². The van der Waals surface area contributed by atoms with E-state index in [1.165, 1.54) is 6.92 Å². The lowest BCUT2D eigenvalue weighted by Crippen LogP contribution is -2.47. The van der Waals surface area contributed by atoms with Crippen LogP contribution in [0.2, 0.25) is 0 Å². The van der Waals surface area contributed by atoms with Crippen LogP contribution in [-0.4, -0.2) is 66.8 Å². The molecule has 0 amide bonds. The van der Waals surface area contributed by atoms with E-state index in [4.69, 9.17) is 18.9 Å². The Morgan fingerprint density at radius 1 is 0.587 bits per heavy atom. The van der Waals surface area contributed by atoms with Crippen molar-refractivity contribution in [2.75, 3.05) is 13.2 Å². The van der Waals surface area contributed by atoms with Crippen molar-refractivity contribution in [3.8, 4) is 0 Å². The molecule has 0 aliphatic rings. The predicted molar refractivity (Wildman–Crippen MR) is 162 cm³/mol. The average Bonchev–Trinajstić information content (AvgIpc) is 2.99. The fourth-order valence-corrected chi connectivity index (χ4v) is 4.20. The van der Waals surface area contributed by atoms with Gasteiger partial charge in [0.2, 0.25) is 5.67 Å². The number of halogens is 5. The molecule has 0 aromatic rings. The van der Waals surface area contributed by atoms with Crippen molar-refractivity contribution >= 4 is 23.9 Å². The van der Waals surface area contributed by atoms with Gasteiger partial charge in [-0.15, -0.1) is 0 Å². The molecule has 0 spiro atoms. The van der Waals surface area contributed by atoms with E-state index < -0.39 is 79.7 Å². The van der Waals surface area contributed by atoms with Crippen molar-refractivity contribution in [2.45, 2.75) is 161 Å². The molecular formula is C33H53F5O8. The van der Waals surface area contributed by atoms with Gasteiger partial charge >= 0.3 is 35.7 Å². The zero-order chi connectivity index (χ0) is 35.4. The summed E-state index contributed by atoms with van der Waals surface area (Å²) in [6.07, 6.45) is 0.519. The number of rotatable bonds is 26. The zero-order valence-electron chi connectivity index (χ0n) is 28.0. The van der Waals surface area contributed by atoms with Crippen LogP contribution >= 0.6 is 0 Å². The minimum atomic E-state index is -3.92. The van der Waals surface area contributed by atoms with Crippen LogP contribution < -0.4 is 0 Å². The average molecular weight is 673 g/mol. The Labute approximate surface area is 270 Å². The zero-order valence-corrected chi connectivity index (χ0v) is 28.0. The Balaban J connectivity index is 6.08. The van der Waals surface area contributed by atoms with Gasteiger partial charge < -0.3 is 18.9 Å². The molecule has 0 aliphatic carbocycles. The predicted octanol–water partition coefficient (Wildman–Crippen LogP) is 8.38. The largest absolute Gasteiger partial charge is 0.457 e. The van der Waals surface area contributed by atoms with Crippen LogP contribution in [0.3, 0.4) is 0 Å². The molecule has 0 heterocycles. The van der Waals surface area contributed by atoms with Crippen LogP contribution in [0.4, 0.5) is 22.0 Å². The third kappa shape index (κ3) is 17.3. The Morgan fingerprint density at radius 3 is 1.33 bits per heavy atom. The van der Waals surface area contributed by atoms with E-state index in [0.29, 0.717) is 38.5 Å². The second kappa shape index (κ2) is 22.0. The molecule has 0 saturated carbocycles. The molecule has 8 nitrogen and oxygen atoms in total. The molecule has 0 aliphatic heterocycles. The summed E-state index contributed by atoms with van der Waals surface area (Å²) in [7, 11) is 0. The first-order chi connectivity index (χ1) is 21.4. The fraction of sp³-hybridized carbons (Fsp3) is 0.818. The van der Waals surface area contributed by atoms with Crippen LogP contribution in [0.25, 0.3) is 0 Å². The molecule has 3 unspecified atom stereocenters. The minimum absolute atomic E-state index is 0.0219. The van der Waals surface area contributed by atoms with E-state index in [1.54, 1.807) is 0 Å². The van der Waals surface area contributed by atoms with Crippen LogP contribution in [0.1, 0.15) is 131 Å². The van der Waals surface area contributed by atoms with E-state index in [9.17, 15) is 36.7 Å². The molecule has 0 N–H and O–H groups in total. The van der Waals surface area contributed by atoms with Gasteiger partial charge in [-0.2, -0.15) is 17.6 Å². The number of esters is 4. The first-order valence-corrected chi connectivity index (χ1v) is 16.3. The second-order valence-electron chi connectivity index (χ2n) is 11.9. The topological polar surface area (TPSA) is 105 Å². The van der Waals surface area contributed by atoms with Gasteiger partial charge in [-0.1, -0.05) is 85.1 Å². The van der Waals surface area contributed by atoms with Crippen molar-refractivity contribution in [3.63, 3.8) is 0 Å². The molecule has 0 aromatic carbocycles. The quantitative estimate of drug-likeness (QED) is 0.0297. The van der Waals surface area contributed by atoms with E-state index in [-0.39, 0.29) is 24.8 Å². The normalized spacial score (nSPS) is 14.5. The monoisotopic (exact) mass is 672 g/mol. The molecule has 0 bridgehead atoms. The van der Waals surface area contributed by atoms with E-state index in [0.717, 1.165) is 32.6 Å². The summed E-state index contributed by atoms with van der Waals surface area (Å²) in [4.78, 5) is 49.9. The van der Waals surface area contributed by atoms with Gasteiger partial charge in [0.25, 0.3) is 0 Å². The lowest BCUT2D eigenvalue weighted by atomic mass is 9.99. The highest BCUT2D eigenvalue weighted by molar-refractivity contribution is 5.87. The maximum atomic E-state index is 15.4. The third-order valence-electron chi connectivity index (χ3n) is 7.25. The summed E-state index contributed by atoms with van der Waals surface area (Å²) in [5, 5.41) is 0. The molecule has 46 heavy (non-hydrogen) atoms. The van der Waals surface area contributed by atoms with Crippen LogP contribution in [0.15, 0.2) is 12.2 Å². The summed E-state index contributed by atoms with van der Waals surface area (Å²) in [6, 6.07) is 0. The SMILES string of the molecule is C=C(C)C(=O)OC(COC(=O)C(F)(F)CCCCCC)C(COC(=O)C(F)(F)CCCCCC)OC(=O)C(C)(F)CCCCCC. The van der Waals surface area contributed by atoms with E-state index >= 15 is 4.39 Å². The molecule has 13 heteroatoms. The van der Waals surface area contributed by atoms with Crippen molar-refractivity contribution in [1.29, 1.82) is 0 Å². The summed E-state index contributed by atoms with van der Waals surface area (Å²) >= 11 is 0. The molecule has 268 valence electrons. The minimum Gasteiger partial charge on any atom is -0.457 e. The lowest BCUT2D eigenvalue weighted by Gasteiger charge is -2.29. The summed E-state index contributed by atoms with van der Waals surface area (Å²) in [5.41, 5.74) is -2.80. The highest BCUT2D eigenvalue weighted by atomic mass is 19.3. The van der Waals surface area contributed by atoms with Crippen molar-refractivity contribution in [2.24, 2.45) is 0 Å². The van der Waals surface area contributed by atoms with Crippen LogP contribution in [0.5, 0.6) is 0 Å². The molecule has 3 atom stereocenters. The maximum Gasteiger partial charge on any atom is 0.377 e. The van der Waals surface area contributed by atoms with Gasteiger partial charge in [-0.05, 0) is 39.5 Å². The van der Waals surface area contributed by atoms with Crippen molar-refractivity contribution < 1.29 is 60.1 Å². The second-order valence-corrected chi connectivity index (χ2v) is 11.9. The Hall–Kier alpha value is -2.73. The number of carbonyl (C=O) groups excluding carboxylic acids is 4. The van der Waals surface area contributed by atoms with Gasteiger partial charge in [0.15, 0.2) is 12.2 Å². The standard InChI is InChI=1S/C33H53F5O8/c1-7-10-13-16-19-31(6,34)28(40)46-26(23-44-30(42)33(37,38)21-18-15-12-9-3)25(45-27(39)24(4)5)22-43-29(41)32(35,36)20-17-14-11-8-2/h25-26H,4,7-23H2,1-3,5-6H3. The van der Waals surface area contributed by atoms with E-state index in [1.807, 2.05) is 20.8 Å². The van der Waals surface area contributed by atoms with Gasteiger partial charge in [0, 0.05) is 18.4 Å². The number of carbonyl (C=O) groups is 4. The van der Waals surface area contributed by atoms with Gasteiger partial charge in [0.05, 0.1) is 0 Å². The van der Waals surface area contributed by atoms with E-state index in [2.05, 4.69) is 6.58 Å². The van der Waals surface area contributed by atoms with Crippen LogP contribution in [-0.2, 0) is 38.1 Å². The lowest BCUT2D eigenvalue weighted by molar-refractivity contribution is -0.197. The molecule has 0 aromatic heterocycles. The van der Waals surface area contributed by atoms with Crippen molar-refractivity contribution in [1.82, 2.24) is 0 Å². The highest BCUT2D eigenvalue weighted by Gasteiger charge is 2.45.